The summed E-state index contributed by atoms with van der Waals surface area (Å²) in [6, 6.07) is 4.33. The SMILES string of the molecule is CC(C)(C)OC(=O)NCCCCCO.COc1cc(O)ccc1C=O. The van der Waals surface area contributed by atoms with Crippen molar-refractivity contribution in [1.29, 1.82) is 0 Å². The zero-order valence-electron chi connectivity index (χ0n) is 15.4. The molecule has 0 unspecified atom stereocenters. The van der Waals surface area contributed by atoms with E-state index >= 15 is 0 Å². The molecule has 25 heavy (non-hydrogen) atoms. The first-order valence-electron chi connectivity index (χ1n) is 8.13. The predicted octanol–water partition coefficient (Wildman–Crippen LogP) is 2.89. The van der Waals surface area contributed by atoms with Crippen LogP contribution in [0, 0.1) is 0 Å². The smallest absolute Gasteiger partial charge is 0.407 e. The van der Waals surface area contributed by atoms with Crippen LogP contribution in [0.25, 0.3) is 0 Å². The Labute approximate surface area is 149 Å². The Hall–Kier alpha value is -2.28. The van der Waals surface area contributed by atoms with Gasteiger partial charge in [-0.05, 0) is 52.2 Å². The predicted molar refractivity (Wildman–Crippen MR) is 95.2 cm³/mol. The average molecular weight is 355 g/mol. The van der Waals surface area contributed by atoms with Gasteiger partial charge < -0.3 is 25.0 Å². The van der Waals surface area contributed by atoms with E-state index in [0.29, 0.717) is 24.1 Å². The molecule has 3 N–H and O–H groups in total. The number of phenolic OH excluding ortho intramolecular Hbond substituents is 1. The molecule has 0 aliphatic rings. The van der Waals surface area contributed by atoms with Gasteiger partial charge in [-0.2, -0.15) is 0 Å². The number of benzene rings is 1. The molecule has 1 aromatic rings. The number of methoxy groups -OCH3 is 1. The molecule has 1 aromatic carbocycles. The van der Waals surface area contributed by atoms with Crippen LogP contribution in [0.2, 0.25) is 0 Å². The molecule has 0 fully saturated rings. The fraction of sp³-hybridized carbons (Fsp3) is 0.556. The van der Waals surface area contributed by atoms with Gasteiger partial charge in [-0.15, -0.1) is 0 Å². The first-order chi connectivity index (χ1) is 11.7. The van der Waals surface area contributed by atoms with Crippen molar-refractivity contribution in [3.63, 3.8) is 0 Å². The molecule has 142 valence electrons. The van der Waals surface area contributed by atoms with Crippen LogP contribution in [0.3, 0.4) is 0 Å². The number of aliphatic hydroxyl groups is 1. The van der Waals surface area contributed by atoms with E-state index in [1.807, 2.05) is 20.8 Å². The highest BCUT2D eigenvalue weighted by atomic mass is 16.6. The van der Waals surface area contributed by atoms with Gasteiger partial charge in [-0.3, -0.25) is 4.79 Å². The number of ether oxygens (including phenoxy) is 2. The summed E-state index contributed by atoms with van der Waals surface area (Å²) in [7, 11) is 1.45. The maximum atomic E-state index is 11.1. The molecule has 0 atom stereocenters. The van der Waals surface area contributed by atoms with E-state index in [1.165, 1.54) is 25.3 Å². The summed E-state index contributed by atoms with van der Waals surface area (Å²) in [5, 5.41) is 20.1. The van der Waals surface area contributed by atoms with Crippen molar-refractivity contribution < 1.29 is 29.3 Å². The lowest BCUT2D eigenvalue weighted by atomic mass is 10.2. The maximum absolute atomic E-state index is 11.1. The molecule has 0 spiro atoms. The minimum atomic E-state index is -0.435. The first kappa shape index (κ1) is 22.7. The second-order valence-corrected chi connectivity index (χ2v) is 6.26. The number of unbranched alkanes of at least 4 members (excludes halogenated alkanes) is 2. The van der Waals surface area contributed by atoms with Crippen LogP contribution in [0.5, 0.6) is 11.5 Å². The average Bonchev–Trinajstić information content (AvgIpc) is 2.53. The zero-order chi connectivity index (χ0) is 19.3. The van der Waals surface area contributed by atoms with Crippen LogP contribution in [0.15, 0.2) is 18.2 Å². The Morgan fingerprint density at radius 1 is 1.24 bits per heavy atom. The summed E-state index contributed by atoms with van der Waals surface area (Å²) in [4.78, 5) is 21.4. The molecule has 0 aliphatic carbocycles. The lowest BCUT2D eigenvalue weighted by Crippen LogP contribution is -2.32. The number of carbonyl (C=O) groups is 2. The molecule has 1 rings (SSSR count). The van der Waals surface area contributed by atoms with Gasteiger partial charge in [0.1, 0.15) is 17.1 Å². The Morgan fingerprint density at radius 2 is 1.92 bits per heavy atom. The van der Waals surface area contributed by atoms with Gasteiger partial charge in [0.15, 0.2) is 6.29 Å². The number of alkyl carbamates (subject to hydrolysis) is 1. The largest absolute Gasteiger partial charge is 0.508 e. The summed E-state index contributed by atoms with van der Waals surface area (Å²) in [5.41, 5.74) is 0.000128. The highest BCUT2D eigenvalue weighted by Crippen LogP contribution is 2.21. The second kappa shape index (κ2) is 12.1. The monoisotopic (exact) mass is 355 g/mol. The van der Waals surface area contributed by atoms with Gasteiger partial charge in [-0.1, -0.05) is 0 Å². The van der Waals surface area contributed by atoms with Crippen LogP contribution < -0.4 is 10.1 Å². The van der Waals surface area contributed by atoms with Crippen molar-refractivity contribution >= 4 is 12.4 Å². The van der Waals surface area contributed by atoms with Crippen LogP contribution >= 0.6 is 0 Å². The van der Waals surface area contributed by atoms with E-state index in [9.17, 15) is 9.59 Å². The maximum Gasteiger partial charge on any atom is 0.407 e. The minimum Gasteiger partial charge on any atom is -0.508 e. The quantitative estimate of drug-likeness (QED) is 0.513. The van der Waals surface area contributed by atoms with Gasteiger partial charge in [0.2, 0.25) is 0 Å². The number of aromatic hydroxyl groups is 1. The second-order valence-electron chi connectivity index (χ2n) is 6.26. The molecule has 0 heterocycles. The third kappa shape index (κ3) is 11.8. The highest BCUT2D eigenvalue weighted by molar-refractivity contribution is 5.79. The number of nitrogens with one attached hydrogen (secondary N) is 1. The topological polar surface area (TPSA) is 105 Å². The van der Waals surface area contributed by atoms with Gasteiger partial charge in [0.25, 0.3) is 0 Å². The van der Waals surface area contributed by atoms with E-state index in [0.717, 1.165) is 19.3 Å². The molecular weight excluding hydrogens is 326 g/mol. The van der Waals surface area contributed by atoms with E-state index in [2.05, 4.69) is 5.32 Å². The number of rotatable bonds is 7. The number of carbonyl (C=O) groups excluding carboxylic acids is 2. The Balaban J connectivity index is 0.000000472. The molecule has 0 aromatic heterocycles. The number of hydrogen-bond acceptors (Lipinski definition) is 6. The molecule has 7 nitrogen and oxygen atoms in total. The van der Waals surface area contributed by atoms with Gasteiger partial charge in [0.05, 0.1) is 12.7 Å². The van der Waals surface area contributed by atoms with Gasteiger partial charge >= 0.3 is 6.09 Å². The Bertz CT molecular complexity index is 525. The van der Waals surface area contributed by atoms with E-state index < -0.39 is 5.60 Å². The molecule has 0 radical (unpaired) electrons. The minimum absolute atomic E-state index is 0.0902. The molecule has 0 aliphatic heterocycles. The third-order valence-electron chi connectivity index (χ3n) is 2.85. The molecule has 0 saturated carbocycles. The molecule has 7 heteroatoms. The summed E-state index contributed by atoms with van der Waals surface area (Å²) < 4.78 is 9.87. The van der Waals surface area contributed by atoms with Crippen LogP contribution in [-0.4, -0.2) is 48.5 Å². The van der Waals surface area contributed by atoms with Crippen molar-refractivity contribution in [1.82, 2.24) is 5.32 Å². The van der Waals surface area contributed by atoms with Crippen LogP contribution in [-0.2, 0) is 4.74 Å². The third-order valence-corrected chi connectivity index (χ3v) is 2.85. The number of aldehydes is 1. The number of phenols is 1. The van der Waals surface area contributed by atoms with Crippen molar-refractivity contribution in [3.8, 4) is 11.5 Å². The number of hydrogen-bond donors (Lipinski definition) is 3. The van der Waals surface area contributed by atoms with Crippen molar-refractivity contribution in [2.45, 2.75) is 45.6 Å². The number of aliphatic hydroxyl groups excluding tert-OH is 1. The van der Waals surface area contributed by atoms with Gasteiger partial charge in [0, 0.05) is 19.2 Å². The van der Waals surface area contributed by atoms with Gasteiger partial charge in [-0.25, -0.2) is 4.79 Å². The molecule has 1 amide bonds. The summed E-state index contributed by atoms with van der Waals surface area (Å²) in [6.07, 6.45) is 2.89. The Morgan fingerprint density at radius 3 is 2.44 bits per heavy atom. The van der Waals surface area contributed by atoms with Crippen molar-refractivity contribution in [3.05, 3.63) is 23.8 Å². The molecule has 0 saturated heterocycles. The van der Waals surface area contributed by atoms with E-state index in [4.69, 9.17) is 19.7 Å². The van der Waals surface area contributed by atoms with Crippen molar-refractivity contribution in [2.24, 2.45) is 0 Å². The first-order valence-corrected chi connectivity index (χ1v) is 8.13. The highest BCUT2D eigenvalue weighted by Gasteiger charge is 2.15. The fourth-order valence-corrected chi connectivity index (χ4v) is 1.72. The summed E-state index contributed by atoms with van der Waals surface area (Å²) in [5.74, 6) is 0.479. The normalized spacial score (nSPS) is 10.3. The van der Waals surface area contributed by atoms with Crippen LogP contribution in [0.4, 0.5) is 4.79 Å². The zero-order valence-corrected chi connectivity index (χ0v) is 15.4. The molecule has 0 bridgehead atoms. The lowest BCUT2D eigenvalue weighted by Gasteiger charge is -2.19. The fourth-order valence-electron chi connectivity index (χ4n) is 1.72. The van der Waals surface area contributed by atoms with Crippen molar-refractivity contribution in [2.75, 3.05) is 20.3 Å². The van der Waals surface area contributed by atoms with E-state index in [1.54, 1.807) is 0 Å². The molecular formula is C18H29NO6. The van der Waals surface area contributed by atoms with Crippen LogP contribution in [0.1, 0.15) is 50.4 Å². The number of amides is 1. The standard InChI is InChI=1S/C10H21NO3.C8H8O3/c1-10(2,3)14-9(13)11-7-5-4-6-8-12;1-11-8-4-7(10)3-2-6(8)5-9/h12H,4-8H2,1-3H3,(H,11,13);2-5,10H,1H3. The summed E-state index contributed by atoms with van der Waals surface area (Å²) in [6.45, 7) is 6.32. The summed E-state index contributed by atoms with van der Waals surface area (Å²) >= 11 is 0. The lowest BCUT2D eigenvalue weighted by molar-refractivity contribution is 0.0526. The van der Waals surface area contributed by atoms with E-state index in [-0.39, 0.29) is 18.4 Å². The Kier molecular flexibility index (Phi) is 11.0.